The predicted molar refractivity (Wildman–Crippen MR) is 82.5 cm³/mol. The highest BCUT2D eigenvalue weighted by Gasteiger charge is 2.21. The van der Waals surface area contributed by atoms with Crippen molar-refractivity contribution in [1.82, 2.24) is 10.2 Å². The third kappa shape index (κ3) is 4.30. The summed E-state index contributed by atoms with van der Waals surface area (Å²) < 4.78 is 5.71. The van der Waals surface area contributed by atoms with Gasteiger partial charge in [0.05, 0.1) is 17.1 Å². The first kappa shape index (κ1) is 15.5. The molecular formula is C15H24N2O2S. The molecule has 1 aliphatic rings. The molecule has 1 amide bonds. The van der Waals surface area contributed by atoms with Gasteiger partial charge in [-0.25, -0.2) is 0 Å². The van der Waals surface area contributed by atoms with Gasteiger partial charge >= 0.3 is 0 Å². The number of nitrogens with zero attached hydrogens (tertiary/aromatic N) is 1. The van der Waals surface area contributed by atoms with Crippen LogP contribution in [0.4, 0.5) is 0 Å². The van der Waals surface area contributed by atoms with E-state index >= 15 is 0 Å². The fourth-order valence-corrected chi connectivity index (χ4v) is 3.50. The standard InChI is InChI=1S/C15H24N2O2S/c1-11-5-8-20-14(11)15(18)16-6-4-7-17-9-12(2)19-13(3)10-17/h5,8,12-13H,4,6-7,9-10H2,1-3H3,(H,16,18)/t12-,13-/m0/s1. The molecular weight excluding hydrogens is 272 g/mol. The number of carbonyl (C=O) groups excluding carboxylic acids is 1. The van der Waals surface area contributed by atoms with Gasteiger partial charge in [0.15, 0.2) is 0 Å². The fraction of sp³-hybridized carbons (Fsp3) is 0.667. The molecule has 5 heteroatoms. The SMILES string of the molecule is Cc1ccsc1C(=O)NCCCN1C[C@H](C)O[C@@H](C)C1. The Morgan fingerprint density at radius 3 is 2.75 bits per heavy atom. The number of thiophene rings is 1. The van der Waals surface area contributed by atoms with Gasteiger partial charge in [0, 0.05) is 26.2 Å². The van der Waals surface area contributed by atoms with E-state index in [0.29, 0.717) is 12.2 Å². The van der Waals surface area contributed by atoms with E-state index in [1.807, 2.05) is 18.4 Å². The van der Waals surface area contributed by atoms with Crippen LogP contribution in [0.2, 0.25) is 0 Å². The van der Waals surface area contributed by atoms with Crippen LogP contribution in [0.15, 0.2) is 11.4 Å². The Kier molecular flexibility index (Phi) is 5.57. The van der Waals surface area contributed by atoms with Gasteiger partial charge in [-0.2, -0.15) is 0 Å². The molecule has 4 nitrogen and oxygen atoms in total. The minimum absolute atomic E-state index is 0.0567. The van der Waals surface area contributed by atoms with Gasteiger partial charge in [0.2, 0.25) is 0 Å². The van der Waals surface area contributed by atoms with Crippen LogP contribution in [0.1, 0.15) is 35.5 Å². The third-order valence-electron chi connectivity index (χ3n) is 3.50. The lowest BCUT2D eigenvalue weighted by Gasteiger charge is -2.35. The summed E-state index contributed by atoms with van der Waals surface area (Å²) in [6, 6.07) is 1.98. The monoisotopic (exact) mass is 296 g/mol. The number of amides is 1. The smallest absolute Gasteiger partial charge is 0.261 e. The number of rotatable bonds is 5. The molecule has 2 heterocycles. The normalized spacial score (nSPS) is 23.8. The van der Waals surface area contributed by atoms with Crippen LogP contribution in [0.5, 0.6) is 0 Å². The number of morpholine rings is 1. The maximum Gasteiger partial charge on any atom is 0.261 e. The largest absolute Gasteiger partial charge is 0.373 e. The topological polar surface area (TPSA) is 41.6 Å². The molecule has 1 fully saturated rings. The van der Waals surface area contributed by atoms with Gasteiger partial charge in [-0.05, 0) is 44.2 Å². The van der Waals surface area contributed by atoms with Crippen LogP contribution in [-0.4, -0.2) is 49.2 Å². The molecule has 1 aromatic heterocycles. The van der Waals surface area contributed by atoms with Crippen molar-refractivity contribution in [3.8, 4) is 0 Å². The Labute approximate surface area is 125 Å². The maximum atomic E-state index is 11.9. The summed E-state index contributed by atoms with van der Waals surface area (Å²) in [5.74, 6) is 0.0567. The van der Waals surface area contributed by atoms with E-state index in [0.717, 1.165) is 43.0 Å². The quantitative estimate of drug-likeness (QED) is 0.848. The average molecular weight is 296 g/mol. The lowest BCUT2D eigenvalue weighted by molar-refractivity contribution is -0.0679. The number of carbonyl (C=O) groups is 1. The van der Waals surface area contributed by atoms with Crippen molar-refractivity contribution >= 4 is 17.2 Å². The molecule has 0 radical (unpaired) electrons. The number of hydrogen-bond acceptors (Lipinski definition) is 4. The van der Waals surface area contributed by atoms with Gasteiger partial charge in [-0.15, -0.1) is 11.3 Å². The zero-order valence-corrected chi connectivity index (χ0v) is 13.3. The predicted octanol–water partition coefficient (Wildman–Crippen LogP) is 2.29. The average Bonchev–Trinajstić information content (AvgIpc) is 2.79. The Hall–Kier alpha value is -0.910. The number of aryl methyl sites for hydroxylation is 1. The first-order valence-electron chi connectivity index (χ1n) is 7.26. The van der Waals surface area contributed by atoms with Crippen LogP contribution >= 0.6 is 11.3 Å². The van der Waals surface area contributed by atoms with E-state index in [-0.39, 0.29) is 5.91 Å². The number of nitrogens with one attached hydrogen (secondary N) is 1. The molecule has 2 rings (SSSR count). The van der Waals surface area contributed by atoms with Gasteiger partial charge in [0.1, 0.15) is 0 Å². The minimum atomic E-state index is 0.0567. The van der Waals surface area contributed by atoms with Crippen molar-refractivity contribution in [3.05, 3.63) is 21.9 Å². The zero-order valence-electron chi connectivity index (χ0n) is 12.5. The summed E-state index contributed by atoms with van der Waals surface area (Å²) in [7, 11) is 0. The third-order valence-corrected chi connectivity index (χ3v) is 4.52. The molecule has 0 bridgehead atoms. The van der Waals surface area contributed by atoms with E-state index in [4.69, 9.17) is 4.74 Å². The van der Waals surface area contributed by atoms with E-state index in [1.54, 1.807) is 0 Å². The molecule has 20 heavy (non-hydrogen) atoms. The van der Waals surface area contributed by atoms with Crippen molar-refractivity contribution in [2.45, 2.75) is 39.4 Å². The van der Waals surface area contributed by atoms with Crippen molar-refractivity contribution in [2.24, 2.45) is 0 Å². The van der Waals surface area contributed by atoms with Crippen LogP contribution < -0.4 is 5.32 Å². The number of hydrogen-bond donors (Lipinski definition) is 1. The summed E-state index contributed by atoms with van der Waals surface area (Å²) in [6.07, 6.45) is 1.60. The minimum Gasteiger partial charge on any atom is -0.373 e. The lowest BCUT2D eigenvalue weighted by atomic mass is 10.2. The Morgan fingerprint density at radius 1 is 1.45 bits per heavy atom. The second-order valence-electron chi connectivity index (χ2n) is 5.56. The molecule has 0 aromatic carbocycles. The van der Waals surface area contributed by atoms with Crippen molar-refractivity contribution in [1.29, 1.82) is 0 Å². The summed E-state index contributed by atoms with van der Waals surface area (Å²) in [6.45, 7) is 9.93. The van der Waals surface area contributed by atoms with Crippen molar-refractivity contribution in [2.75, 3.05) is 26.2 Å². The first-order valence-corrected chi connectivity index (χ1v) is 8.14. The summed E-state index contributed by atoms with van der Waals surface area (Å²) in [5.41, 5.74) is 1.06. The first-order chi connectivity index (χ1) is 9.56. The van der Waals surface area contributed by atoms with E-state index in [9.17, 15) is 4.79 Å². The van der Waals surface area contributed by atoms with Crippen molar-refractivity contribution < 1.29 is 9.53 Å². The van der Waals surface area contributed by atoms with Gasteiger partial charge in [-0.3, -0.25) is 9.69 Å². The molecule has 0 unspecified atom stereocenters. The zero-order chi connectivity index (χ0) is 14.5. The van der Waals surface area contributed by atoms with E-state index in [2.05, 4.69) is 24.1 Å². The Bertz CT molecular complexity index is 437. The highest BCUT2D eigenvalue weighted by molar-refractivity contribution is 7.12. The van der Waals surface area contributed by atoms with Crippen LogP contribution in [0, 0.1) is 6.92 Å². The van der Waals surface area contributed by atoms with E-state index in [1.165, 1.54) is 11.3 Å². The maximum absolute atomic E-state index is 11.9. The lowest BCUT2D eigenvalue weighted by Crippen LogP contribution is -2.46. The summed E-state index contributed by atoms with van der Waals surface area (Å²) in [4.78, 5) is 15.2. The molecule has 1 saturated heterocycles. The molecule has 1 N–H and O–H groups in total. The second kappa shape index (κ2) is 7.20. The molecule has 0 saturated carbocycles. The Morgan fingerprint density at radius 2 is 2.15 bits per heavy atom. The highest BCUT2D eigenvalue weighted by atomic mass is 32.1. The van der Waals surface area contributed by atoms with Gasteiger partial charge in [-0.1, -0.05) is 0 Å². The second-order valence-corrected chi connectivity index (χ2v) is 6.48. The molecule has 2 atom stereocenters. The number of ether oxygens (including phenoxy) is 1. The van der Waals surface area contributed by atoms with Crippen LogP contribution in [0.25, 0.3) is 0 Å². The van der Waals surface area contributed by atoms with Crippen molar-refractivity contribution in [3.63, 3.8) is 0 Å². The highest BCUT2D eigenvalue weighted by Crippen LogP contribution is 2.15. The molecule has 0 aliphatic carbocycles. The van der Waals surface area contributed by atoms with E-state index < -0.39 is 0 Å². The molecule has 0 spiro atoms. The Balaban J connectivity index is 1.66. The molecule has 1 aliphatic heterocycles. The van der Waals surface area contributed by atoms with Crippen LogP contribution in [0.3, 0.4) is 0 Å². The molecule has 112 valence electrons. The summed E-state index contributed by atoms with van der Waals surface area (Å²) >= 11 is 1.51. The molecule has 1 aromatic rings. The summed E-state index contributed by atoms with van der Waals surface area (Å²) in [5, 5.41) is 4.96. The van der Waals surface area contributed by atoms with Gasteiger partial charge < -0.3 is 10.1 Å². The van der Waals surface area contributed by atoms with Gasteiger partial charge in [0.25, 0.3) is 5.91 Å². The fourth-order valence-electron chi connectivity index (χ4n) is 2.66. The van der Waals surface area contributed by atoms with Crippen LogP contribution in [-0.2, 0) is 4.74 Å².